The van der Waals surface area contributed by atoms with Crippen LogP contribution in [0.2, 0.25) is 4.34 Å². The Morgan fingerprint density at radius 2 is 2.03 bits per heavy atom. The first-order valence-electron chi connectivity index (χ1n) is 9.81. The number of ether oxygens (including phenoxy) is 2. The van der Waals surface area contributed by atoms with Crippen LogP contribution in [-0.4, -0.2) is 38.6 Å². The molecule has 1 saturated heterocycles. The monoisotopic (exact) mass is 493 g/mol. The van der Waals surface area contributed by atoms with Gasteiger partial charge in [0.2, 0.25) is 5.88 Å². The first kappa shape index (κ1) is 22.5. The number of nitrogens with one attached hydrogen (secondary N) is 2. The van der Waals surface area contributed by atoms with Crippen molar-refractivity contribution in [2.45, 2.75) is 23.2 Å². The van der Waals surface area contributed by atoms with Crippen molar-refractivity contribution in [1.29, 1.82) is 0 Å². The summed E-state index contributed by atoms with van der Waals surface area (Å²) in [6, 6.07) is 12.5. The molecule has 1 fully saturated rings. The average molecular weight is 494 g/mol. The molecule has 1 aliphatic heterocycles. The van der Waals surface area contributed by atoms with Gasteiger partial charge in [-0.1, -0.05) is 11.6 Å². The molecule has 0 aliphatic carbocycles. The standard InChI is InChI=1S/C21H20ClN3O5S2/c22-18-9-10-19(31-18)32(27,28)25-14-5-7-15(8-6-14)30-21-17(4-1-11-23-21)20(26)24-13-16-3-2-12-29-16/h1,4-11,16,25H,2-3,12-13H2,(H,24,26)/t16-/m0/s1. The Labute approximate surface area is 194 Å². The molecular formula is C21H20ClN3O5S2. The van der Waals surface area contributed by atoms with Crippen LogP contribution in [0.1, 0.15) is 23.2 Å². The number of pyridine rings is 1. The topological polar surface area (TPSA) is 107 Å². The normalized spacial score (nSPS) is 16.0. The Bertz CT molecular complexity index is 1190. The van der Waals surface area contributed by atoms with E-state index in [0.717, 1.165) is 30.8 Å². The van der Waals surface area contributed by atoms with E-state index < -0.39 is 10.0 Å². The van der Waals surface area contributed by atoms with Crippen LogP contribution >= 0.6 is 22.9 Å². The molecule has 0 saturated carbocycles. The van der Waals surface area contributed by atoms with Crippen molar-refractivity contribution < 1.29 is 22.7 Å². The van der Waals surface area contributed by atoms with Crippen LogP contribution in [0.5, 0.6) is 11.6 Å². The summed E-state index contributed by atoms with van der Waals surface area (Å²) in [6.07, 6.45) is 3.48. The number of benzene rings is 1. The first-order chi connectivity index (χ1) is 15.4. The minimum atomic E-state index is -3.73. The van der Waals surface area contributed by atoms with E-state index in [2.05, 4.69) is 15.0 Å². The van der Waals surface area contributed by atoms with Crippen molar-refractivity contribution in [1.82, 2.24) is 10.3 Å². The molecule has 1 aliphatic rings. The molecule has 1 atom stereocenters. The predicted octanol–water partition coefficient (Wildman–Crippen LogP) is 4.30. The van der Waals surface area contributed by atoms with Gasteiger partial charge in [-0.05, 0) is 61.4 Å². The van der Waals surface area contributed by atoms with Crippen LogP contribution in [0.15, 0.2) is 58.9 Å². The fourth-order valence-electron chi connectivity index (χ4n) is 3.10. The first-order valence-corrected chi connectivity index (χ1v) is 12.5. The van der Waals surface area contributed by atoms with Gasteiger partial charge in [-0.2, -0.15) is 0 Å². The molecule has 8 nitrogen and oxygen atoms in total. The molecule has 0 spiro atoms. The second-order valence-electron chi connectivity index (χ2n) is 6.99. The second kappa shape index (κ2) is 9.86. The van der Waals surface area contributed by atoms with Crippen LogP contribution in [0, 0.1) is 0 Å². The lowest BCUT2D eigenvalue weighted by Crippen LogP contribution is -2.32. The highest BCUT2D eigenvalue weighted by Gasteiger charge is 2.20. The van der Waals surface area contributed by atoms with Crippen LogP contribution < -0.4 is 14.8 Å². The van der Waals surface area contributed by atoms with Crippen LogP contribution in [0.25, 0.3) is 0 Å². The third-order valence-corrected chi connectivity index (χ3v) is 7.77. The number of hydrogen-bond acceptors (Lipinski definition) is 7. The van der Waals surface area contributed by atoms with E-state index >= 15 is 0 Å². The lowest BCUT2D eigenvalue weighted by Gasteiger charge is -2.13. The van der Waals surface area contributed by atoms with Gasteiger partial charge >= 0.3 is 0 Å². The van der Waals surface area contributed by atoms with Gasteiger partial charge in [0.05, 0.1) is 10.4 Å². The largest absolute Gasteiger partial charge is 0.438 e. The van der Waals surface area contributed by atoms with E-state index in [4.69, 9.17) is 21.1 Å². The van der Waals surface area contributed by atoms with E-state index in [1.54, 1.807) is 36.4 Å². The Morgan fingerprint density at radius 1 is 1.22 bits per heavy atom. The maximum Gasteiger partial charge on any atom is 0.271 e. The quantitative estimate of drug-likeness (QED) is 0.484. The predicted molar refractivity (Wildman–Crippen MR) is 122 cm³/mol. The SMILES string of the molecule is O=C(NC[C@@H]1CCCO1)c1cccnc1Oc1ccc(NS(=O)(=O)c2ccc(Cl)s2)cc1. The molecule has 1 aromatic carbocycles. The van der Waals surface area contributed by atoms with E-state index in [1.165, 1.54) is 18.3 Å². The van der Waals surface area contributed by atoms with Crippen molar-refractivity contribution >= 4 is 44.6 Å². The van der Waals surface area contributed by atoms with Gasteiger partial charge in [0.1, 0.15) is 15.5 Å². The van der Waals surface area contributed by atoms with Crippen LogP contribution in [0.3, 0.4) is 0 Å². The number of carbonyl (C=O) groups excluding carboxylic acids is 1. The Balaban J connectivity index is 1.42. The van der Waals surface area contributed by atoms with Gasteiger partial charge in [0.25, 0.3) is 15.9 Å². The fourth-order valence-corrected chi connectivity index (χ4v) is 5.64. The van der Waals surface area contributed by atoms with Gasteiger partial charge in [0.15, 0.2) is 0 Å². The van der Waals surface area contributed by atoms with Crippen molar-refractivity contribution in [3.8, 4) is 11.6 Å². The molecule has 3 heterocycles. The summed E-state index contributed by atoms with van der Waals surface area (Å²) in [4.78, 5) is 16.7. The van der Waals surface area contributed by atoms with Crippen molar-refractivity contribution in [2.24, 2.45) is 0 Å². The average Bonchev–Trinajstić information content (AvgIpc) is 3.46. The van der Waals surface area contributed by atoms with Crippen LogP contribution in [0.4, 0.5) is 5.69 Å². The van der Waals surface area contributed by atoms with Gasteiger partial charge in [-0.3, -0.25) is 9.52 Å². The summed E-state index contributed by atoms with van der Waals surface area (Å²) in [5.41, 5.74) is 0.655. The maximum absolute atomic E-state index is 12.6. The molecule has 4 rings (SSSR count). The molecule has 0 bridgehead atoms. The van der Waals surface area contributed by atoms with Crippen LogP contribution in [-0.2, 0) is 14.8 Å². The number of nitrogens with zero attached hydrogens (tertiary/aromatic N) is 1. The molecule has 3 aromatic rings. The highest BCUT2D eigenvalue weighted by Crippen LogP contribution is 2.29. The molecule has 11 heteroatoms. The third-order valence-electron chi connectivity index (χ3n) is 4.66. The summed E-state index contributed by atoms with van der Waals surface area (Å²) in [5.74, 6) is 0.250. The number of aromatic nitrogens is 1. The Morgan fingerprint density at radius 3 is 2.72 bits per heavy atom. The number of hydrogen-bond donors (Lipinski definition) is 2. The minimum absolute atomic E-state index is 0.0292. The summed E-state index contributed by atoms with van der Waals surface area (Å²) in [6.45, 7) is 1.15. The zero-order valence-corrected chi connectivity index (χ0v) is 19.2. The number of halogens is 1. The number of anilines is 1. The molecule has 0 unspecified atom stereocenters. The number of carbonyl (C=O) groups is 1. The number of rotatable bonds is 8. The zero-order chi connectivity index (χ0) is 22.6. The van der Waals surface area contributed by atoms with Gasteiger partial charge in [-0.25, -0.2) is 13.4 Å². The smallest absolute Gasteiger partial charge is 0.271 e. The van der Waals surface area contributed by atoms with Crippen molar-refractivity contribution in [3.63, 3.8) is 0 Å². The number of amides is 1. The van der Waals surface area contributed by atoms with E-state index in [0.29, 0.717) is 27.9 Å². The second-order valence-corrected chi connectivity index (χ2v) is 10.6. The van der Waals surface area contributed by atoms with Crippen molar-refractivity contribution in [2.75, 3.05) is 17.9 Å². The number of thiophene rings is 1. The van der Waals surface area contributed by atoms with E-state index in [9.17, 15) is 13.2 Å². The Kier molecular flexibility index (Phi) is 6.95. The van der Waals surface area contributed by atoms with Crippen molar-refractivity contribution in [3.05, 3.63) is 64.6 Å². The zero-order valence-electron chi connectivity index (χ0n) is 16.8. The molecule has 2 N–H and O–H groups in total. The molecule has 2 aromatic heterocycles. The van der Waals surface area contributed by atoms with E-state index in [-0.39, 0.29) is 22.1 Å². The summed E-state index contributed by atoms with van der Waals surface area (Å²) >= 11 is 6.80. The molecular weight excluding hydrogens is 474 g/mol. The lowest BCUT2D eigenvalue weighted by molar-refractivity contribution is 0.0855. The highest BCUT2D eigenvalue weighted by molar-refractivity contribution is 7.94. The van der Waals surface area contributed by atoms with E-state index in [1.807, 2.05) is 0 Å². The lowest BCUT2D eigenvalue weighted by atomic mass is 10.2. The summed E-state index contributed by atoms with van der Waals surface area (Å²) in [5, 5.41) is 2.85. The molecule has 32 heavy (non-hydrogen) atoms. The third kappa shape index (κ3) is 5.57. The van der Waals surface area contributed by atoms with Gasteiger partial charge < -0.3 is 14.8 Å². The summed E-state index contributed by atoms with van der Waals surface area (Å²) < 4.78 is 39.1. The Hall–Kier alpha value is -2.66. The fraction of sp³-hybridized carbons (Fsp3) is 0.238. The van der Waals surface area contributed by atoms with Gasteiger partial charge in [-0.15, -0.1) is 11.3 Å². The maximum atomic E-state index is 12.6. The van der Waals surface area contributed by atoms with Gasteiger partial charge in [0, 0.05) is 25.0 Å². The highest BCUT2D eigenvalue weighted by atomic mass is 35.5. The molecule has 1 amide bonds. The number of sulfonamides is 1. The molecule has 0 radical (unpaired) electrons. The molecule has 168 valence electrons. The summed E-state index contributed by atoms with van der Waals surface area (Å²) in [7, 11) is -3.73. The minimum Gasteiger partial charge on any atom is -0.438 e.